The molecule has 0 aromatic heterocycles. The topological polar surface area (TPSA) is 112 Å². The molecule has 0 aliphatic rings. The van der Waals surface area contributed by atoms with E-state index in [2.05, 4.69) is 0 Å². The second kappa shape index (κ2) is 17.4. The van der Waals surface area contributed by atoms with Crippen LogP contribution in [0.2, 0.25) is 0 Å². The van der Waals surface area contributed by atoms with E-state index in [-0.39, 0.29) is 36.9 Å². The second-order valence-electron chi connectivity index (χ2n) is 1.92. The van der Waals surface area contributed by atoms with E-state index in [1.807, 2.05) is 0 Å². The van der Waals surface area contributed by atoms with Gasteiger partial charge in [0, 0.05) is 36.9 Å². The normalized spacial score (nSPS) is 8.68. The van der Waals surface area contributed by atoms with Gasteiger partial charge in [-0.2, -0.15) is 0 Å². The molecular weight excluding hydrogens is 556 g/mol. The third kappa shape index (κ3) is 32.7. The van der Waals surface area contributed by atoms with E-state index in [1.54, 1.807) is 0 Å². The molecule has 0 amide bonds. The molecule has 0 fully saturated rings. The Bertz CT molecular complexity index is 230. The Kier molecular flexibility index (Phi) is 26.2. The molecule has 0 aromatic rings. The molecule has 0 rings (SSSR count). The minimum Gasteiger partial charge on any atom is -0.479 e. The first kappa shape index (κ1) is 28.5. The summed E-state index contributed by atoms with van der Waals surface area (Å²) >= 11 is 28.7. The van der Waals surface area contributed by atoms with E-state index in [4.69, 9.17) is 84.9 Å². The quantitative estimate of drug-likeness (QED) is 0.457. The van der Waals surface area contributed by atoms with Crippen LogP contribution in [-0.4, -0.2) is 47.7 Å². The summed E-state index contributed by atoms with van der Waals surface area (Å²) in [6.45, 7) is 0. The maximum Gasteiger partial charge on any atom is 0.337 e. The van der Waals surface area contributed by atoms with Gasteiger partial charge in [-0.3, -0.25) is 0 Å². The summed E-state index contributed by atoms with van der Waals surface area (Å²) in [5.41, 5.74) is 0. The van der Waals surface area contributed by atoms with E-state index in [1.165, 1.54) is 0 Å². The van der Waals surface area contributed by atoms with Gasteiger partial charge in [0.25, 0.3) is 0 Å². The predicted molar refractivity (Wildman–Crippen MR) is 69.4 cm³/mol. The van der Waals surface area contributed by atoms with Crippen LogP contribution < -0.4 is 0 Å². The zero-order valence-corrected chi connectivity index (χ0v) is 14.5. The molecule has 13 heteroatoms. The molecule has 6 nitrogen and oxygen atoms in total. The van der Waals surface area contributed by atoms with E-state index < -0.39 is 32.4 Å². The first-order valence-electron chi connectivity index (χ1n) is 3.46. The third-order valence-corrected chi connectivity index (χ3v) is 1.68. The van der Waals surface area contributed by atoms with Crippen LogP contribution in [0.5, 0.6) is 0 Å². The molecule has 0 aliphatic heterocycles. The molecule has 0 heterocycles. The number of carboxylic acids is 3. The van der Waals surface area contributed by atoms with Gasteiger partial charge in [0.1, 0.15) is 0 Å². The van der Waals surface area contributed by atoms with Gasteiger partial charge < -0.3 is 15.3 Å². The van der Waals surface area contributed by atoms with Gasteiger partial charge in [-0.05, 0) is 0 Å². The molecular formula is C6H6Cl6LuO6. The van der Waals surface area contributed by atoms with Gasteiger partial charge in [0.05, 0.1) is 0 Å². The summed E-state index contributed by atoms with van der Waals surface area (Å²) in [5.74, 6) is -3.63. The van der Waals surface area contributed by atoms with Crippen LogP contribution in [0.15, 0.2) is 0 Å². The van der Waals surface area contributed by atoms with Crippen LogP contribution in [0.25, 0.3) is 0 Å². The fraction of sp³-hybridized carbons (Fsp3) is 0.500. The Morgan fingerprint density at radius 3 is 0.632 bits per heavy atom. The summed E-state index contributed by atoms with van der Waals surface area (Å²) in [5, 5.41) is 23.2. The Morgan fingerprint density at radius 2 is 0.632 bits per heavy atom. The Morgan fingerprint density at radius 1 is 0.579 bits per heavy atom. The molecule has 0 aliphatic carbocycles. The smallest absolute Gasteiger partial charge is 0.337 e. The molecule has 3 N–H and O–H groups in total. The van der Waals surface area contributed by atoms with Crippen LogP contribution >= 0.6 is 69.6 Å². The van der Waals surface area contributed by atoms with E-state index in [0.29, 0.717) is 0 Å². The molecule has 0 aromatic carbocycles. The fourth-order valence-corrected chi connectivity index (χ4v) is 0. The first-order chi connectivity index (χ1) is 7.93. The maximum absolute atomic E-state index is 9.44. The van der Waals surface area contributed by atoms with Crippen molar-refractivity contribution >= 4 is 87.5 Å². The first-order valence-corrected chi connectivity index (χ1v) is 6.08. The molecule has 0 saturated carbocycles. The average Bonchev–Trinajstić information content (AvgIpc) is 2.18. The monoisotopic (exact) mass is 559 g/mol. The van der Waals surface area contributed by atoms with Crippen molar-refractivity contribution in [2.45, 2.75) is 14.5 Å². The number of carboxylic acid groups (broad SMARTS) is 3. The van der Waals surface area contributed by atoms with Crippen molar-refractivity contribution in [2.24, 2.45) is 0 Å². The summed E-state index contributed by atoms with van der Waals surface area (Å²) in [4.78, 5) is 24.4. The molecule has 0 unspecified atom stereocenters. The molecule has 0 spiro atoms. The van der Waals surface area contributed by atoms with Gasteiger partial charge >= 0.3 is 17.9 Å². The number of hydrogen-bond acceptors (Lipinski definition) is 3. The van der Waals surface area contributed by atoms with Gasteiger partial charge in [-0.1, -0.05) is 69.6 Å². The molecule has 0 saturated heterocycles. The van der Waals surface area contributed by atoms with Crippen molar-refractivity contribution in [1.82, 2.24) is 0 Å². The summed E-state index contributed by atoms with van der Waals surface area (Å²) in [6.07, 6.45) is 0. The van der Waals surface area contributed by atoms with Crippen molar-refractivity contribution in [3.05, 3.63) is 0 Å². The predicted octanol–water partition coefficient (Wildman–Crippen LogP) is 2.62. The van der Waals surface area contributed by atoms with Gasteiger partial charge in [-0.15, -0.1) is 0 Å². The summed E-state index contributed by atoms with van der Waals surface area (Å²) in [7, 11) is 0. The Hall–Kier alpha value is 1.38. The zero-order valence-electron chi connectivity index (χ0n) is 8.32. The van der Waals surface area contributed by atoms with Crippen LogP contribution in [0.4, 0.5) is 0 Å². The molecule has 0 bridgehead atoms. The average molecular weight is 562 g/mol. The van der Waals surface area contributed by atoms with Gasteiger partial charge in [-0.25, -0.2) is 14.4 Å². The number of carbonyl (C=O) groups is 3. The zero-order chi connectivity index (χ0) is 15.5. The van der Waals surface area contributed by atoms with E-state index >= 15 is 0 Å². The van der Waals surface area contributed by atoms with Crippen molar-refractivity contribution in [3.8, 4) is 0 Å². The summed E-state index contributed by atoms with van der Waals surface area (Å²) in [6, 6.07) is 0. The number of alkyl halides is 6. The minimum absolute atomic E-state index is 0. The molecule has 19 heavy (non-hydrogen) atoms. The number of halogens is 6. The SMILES string of the molecule is O=C(O)C(Cl)Cl.O=C(O)C(Cl)Cl.O=C(O)C(Cl)Cl.[Lu]. The maximum atomic E-state index is 9.44. The Balaban J connectivity index is -0.0000000865. The van der Waals surface area contributed by atoms with Crippen molar-refractivity contribution in [1.29, 1.82) is 0 Å². The van der Waals surface area contributed by atoms with Gasteiger partial charge in [0.2, 0.25) is 14.5 Å². The number of hydrogen-bond donors (Lipinski definition) is 3. The fourth-order valence-electron chi connectivity index (χ4n) is 0. The van der Waals surface area contributed by atoms with Gasteiger partial charge in [0.15, 0.2) is 0 Å². The molecule has 1 radical (unpaired) electrons. The molecule has 123 valence electrons. The largest absolute Gasteiger partial charge is 0.479 e. The third-order valence-electron chi connectivity index (χ3n) is 0.560. The van der Waals surface area contributed by atoms with Crippen molar-refractivity contribution < 1.29 is 66.6 Å². The van der Waals surface area contributed by atoms with E-state index in [0.717, 1.165) is 0 Å². The van der Waals surface area contributed by atoms with Crippen LogP contribution in [0.1, 0.15) is 0 Å². The second-order valence-corrected chi connectivity index (χ2v) is 5.21. The summed E-state index contributed by atoms with van der Waals surface area (Å²) < 4.78 is 0. The van der Waals surface area contributed by atoms with E-state index in [9.17, 15) is 14.4 Å². The van der Waals surface area contributed by atoms with Crippen LogP contribution in [0.3, 0.4) is 0 Å². The van der Waals surface area contributed by atoms with Crippen molar-refractivity contribution in [2.75, 3.05) is 0 Å². The minimum atomic E-state index is -1.29. The molecule has 0 atom stereocenters. The Labute approximate surface area is 167 Å². The number of rotatable bonds is 3. The van der Waals surface area contributed by atoms with Crippen molar-refractivity contribution in [3.63, 3.8) is 0 Å². The number of aliphatic carboxylic acids is 3. The van der Waals surface area contributed by atoms with Crippen LogP contribution in [0, 0.1) is 36.9 Å². The van der Waals surface area contributed by atoms with Crippen LogP contribution in [-0.2, 0) is 14.4 Å². The standard InChI is InChI=1S/3C2H2Cl2O2.Lu/c3*3-1(4)2(5)6;/h3*1H,(H,5,6);.